The number of H-pyrrole nitrogens is 1. The third-order valence-electron chi connectivity index (χ3n) is 5.52. The van der Waals surface area contributed by atoms with Crippen LogP contribution in [0.1, 0.15) is 45.3 Å². The molecule has 0 saturated carbocycles. The van der Waals surface area contributed by atoms with E-state index in [9.17, 15) is 22.8 Å². The standard InChI is InChI=1S/C22H22F3N5O2/c23-22(24,25)14-26-20(31)19-13-18(27-28-19)15-7-11-30(12-8-15)21(32)16-3-5-17(6-4-16)29-9-1-2-10-29/h1-6,9-10,13,15H,7-8,11-12,14H2,(H,26,31)(H,27,28). The number of likely N-dealkylation sites (tertiary alicyclic amines) is 1. The molecule has 0 aliphatic carbocycles. The highest BCUT2D eigenvalue weighted by atomic mass is 19.4. The maximum Gasteiger partial charge on any atom is 0.405 e. The van der Waals surface area contributed by atoms with Crippen LogP contribution in [0.2, 0.25) is 0 Å². The molecule has 0 unspecified atom stereocenters. The molecule has 32 heavy (non-hydrogen) atoms. The number of carbonyl (C=O) groups excluding carboxylic acids is 2. The maximum atomic E-state index is 12.8. The van der Waals surface area contributed by atoms with Crippen molar-refractivity contribution in [2.24, 2.45) is 0 Å². The van der Waals surface area contributed by atoms with Crippen LogP contribution in [0.25, 0.3) is 5.69 Å². The summed E-state index contributed by atoms with van der Waals surface area (Å²) in [6.45, 7) is -0.324. The summed E-state index contributed by atoms with van der Waals surface area (Å²) in [4.78, 5) is 26.5. The van der Waals surface area contributed by atoms with Gasteiger partial charge in [-0.05, 0) is 55.3 Å². The van der Waals surface area contributed by atoms with Gasteiger partial charge in [0.1, 0.15) is 12.2 Å². The molecule has 1 fully saturated rings. The van der Waals surface area contributed by atoms with Crippen molar-refractivity contribution in [3.05, 3.63) is 71.8 Å². The first kappa shape index (κ1) is 21.7. The summed E-state index contributed by atoms with van der Waals surface area (Å²) in [5.74, 6) is -0.869. The summed E-state index contributed by atoms with van der Waals surface area (Å²) in [6.07, 6.45) is 0.722. The van der Waals surface area contributed by atoms with E-state index in [-0.39, 0.29) is 17.5 Å². The van der Waals surface area contributed by atoms with Crippen molar-refractivity contribution < 1.29 is 22.8 Å². The fourth-order valence-electron chi connectivity index (χ4n) is 3.79. The summed E-state index contributed by atoms with van der Waals surface area (Å²) in [5, 5.41) is 8.39. The van der Waals surface area contributed by atoms with Crippen LogP contribution >= 0.6 is 0 Å². The van der Waals surface area contributed by atoms with Crippen LogP contribution in [-0.2, 0) is 0 Å². The lowest BCUT2D eigenvalue weighted by Gasteiger charge is -2.31. The Morgan fingerprint density at radius 1 is 1.09 bits per heavy atom. The molecule has 1 saturated heterocycles. The minimum atomic E-state index is -4.48. The highest BCUT2D eigenvalue weighted by molar-refractivity contribution is 5.94. The normalized spacial score (nSPS) is 15.0. The largest absolute Gasteiger partial charge is 0.405 e. The van der Waals surface area contributed by atoms with Gasteiger partial charge in [-0.25, -0.2) is 0 Å². The van der Waals surface area contributed by atoms with Crippen LogP contribution in [0.3, 0.4) is 0 Å². The fraction of sp³-hybridized carbons (Fsp3) is 0.318. The van der Waals surface area contributed by atoms with Crippen molar-refractivity contribution in [3.63, 3.8) is 0 Å². The van der Waals surface area contributed by atoms with E-state index >= 15 is 0 Å². The van der Waals surface area contributed by atoms with Gasteiger partial charge in [0.25, 0.3) is 11.8 Å². The number of nitrogens with zero attached hydrogens (tertiary/aromatic N) is 3. The van der Waals surface area contributed by atoms with Gasteiger partial charge in [-0.1, -0.05) is 0 Å². The average Bonchev–Trinajstić information content (AvgIpc) is 3.49. The van der Waals surface area contributed by atoms with E-state index in [4.69, 9.17) is 0 Å². The Hall–Kier alpha value is -3.56. The third kappa shape index (κ3) is 5.01. The number of rotatable bonds is 5. The second kappa shape index (κ2) is 8.89. The molecule has 2 aromatic heterocycles. The molecule has 1 aromatic carbocycles. The van der Waals surface area contributed by atoms with Crippen LogP contribution in [-0.4, -0.2) is 57.3 Å². The summed E-state index contributed by atoms with van der Waals surface area (Å²) >= 11 is 0. The van der Waals surface area contributed by atoms with Gasteiger partial charge in [0.2, 0.25) is 0 Å². The molecule has 1 aliphatic heterocycles. The van der Waals surface area contributed by atoms with E-state index in [1.54, 1.807) is 4.90 Å². The quantitative estimate of drug-likeness (QED) is 0.631. The van der Waals surface area contributed by atoms with Gasteiger partial charge in [0.15, 0.2) is 0 Å². The number of piperidine rings is 1. The zero-order valence-corrected chi connectivity index (χ0v) is 17.1. The average molecular weight is 445 g/mol. The number of alkyl halides is 3. The zero-order valence-electron chi connectivity index (χ0n) is 17.1. The molecule has 0 spiro atoms. The van der Waals surface area contributed by atoms with Gasteiger partial charge in [0, 0.05) is 48.3 Å². The topological polar surface area (TPSA) is 83.0 Å². The predicted octanol–water partition coefficient (Wildman–Crippen LogP) is 3.51. The van der Waals surface area contributed by atoms with E-state index in [2.05, 4.69) is 10.2 Å². The van der Waals surface area contributed by atoms with Crippen molar-refractivity contribution in [3.8, 4) is 5.69 Å². The Kier molecular flexibility index (Phi) is 6.02. The van der Waals surface area contributed by atoms with E-state index < -0.39 is 18.6 Å². The van der Waals surface area contributed by atoms with Crippen LogP contribution in [0.5, 0.6) is 0 Å². The first-order valence-corrected chi connectivity index (χ1v) is 10.2. The van der Waals surface area contributed by atoms with E-state index in [0.29, 0.717) is 37.2 Å². The number of aromatic nitrogens is 3. The molecule has 1 aliphatic rings. The molecule has 3 aromatic rings. The lowest BCUT2D eigenvalue weighted by atomic mass is 9.93. The number of nitrogens with one attached hydrogen (secondary N) is 2. The van der Waals surface area contributed by atoms with Crippen LogP contribution < -0.4 is 5.32 Å². The number of carbonyl (C=O) groups is 2. The van der Waals surface area contributed by atoms with Crippen LogP contribution in [0.15, 0.2) is 54.9 Å². The zero-order chi connectivity index (χ0) is 22.7. The lowest BCUT2D eigenvalue weighted by molar-refractivity contribution is -0.123. The summed E-state index contributed by atoms with van der Waals surface area (Å²) in [7, 11) is 0. The number of amides is 2. The highest BCUT2D eigenvalue weighted by Gasteiger charge is 2.29. The molecular weight excluding hydrogens is 423 g/mol. The summed E-state index contributed by atoms with van der Waals surface area (Å²) < 4.78 is 38.7. The molecule has 0 atom stereocenters. The number of hydrogen-bond donors (Lipinski definition) is 2. The molecule has 7 nitrogen and oxygen atoms in total. The SMILES string of the molecule is O=C(NCC(F)(F)F)c1cc(C2CCN(C(=O)c3ccc(-n4cccc4)cc3)CC2)[nH]n1. The highest BCUT2D eigenvalue weighted by Crippen LogP contribution is 2.28. The van der Waals surface area contributed by atoms with Crippen LogP contribution in [0, 0.1) is 0 Å². The summed E-state index contributed by atoms with van der Waals surface area (Å²) in [5.41, 5.74) is 2.19. The van der Waals surface area contributed by atoms with Crippen molar-refractivity contribution in [1.29, 1.82) is 0 Å². The van der Waals surface area contributed by atoms with Crippen molar-refractivity contribution >= 4 is 11.8 Å². The minimum Gasteiger partial charge on any atom is -0.342 e. The van der Waals surface area contributed by atoms with Crippen LogP contribution in [0.4, 0.5) is 13.2 Å². The lowest BCUT2D eigenvalue weighted by Crippen LogP contribution is -2.38. The number of benzene rings is 1. The molecule has 2 N–H and O–H groups in total. The van der Waals surface area contributed by atoms with E-state index in [1.165, 1.54) is 6.07 Å². The maximum absolute atomic E-state index is 12.8. The molecule has 168 valence electrons. The molecule has 2 amide bonds. The van der Waals surface area contributed by atoms with Gasteiger partial charge in [-0.3, -0.25) is 14.7 Å². The molecule has 0 radical (unpaired) electrons. The Labute approximate surface area is 182 Å². The molecule has 3 heterocycles. The van der Waals surface area contributed by atoms with Crippen molar-refractivity contribution in [1.82, 2.24) is 25.0 Å². The number of aromatic amines is 1. The Morgan fingerprint density at radius 2 is 1.75 bits per heavy atom. The Bertz CT molecular complexity index is 1070. The molecule has 10 heteroatoms. The van der Waals surface area contributed by atoms with E-state index in [0.717, 1.165) is 5.69 Å². The summed E-state index contributed by atoms with van der Waals surface area (Å²) in [6, 6.07) is 12.8. The van der Waals surface area contributed by atoms with Gasteiger partial charge >= 0.3 is 6.18 Å². The monoisotopic (exact) mass is 445 g/mol. The van der Waals surface area contributed by atoms with Gasteiger partial charge in [-0.15, -0.1) is 0 Å². The second-order valence-corrected chi connectivity index (χ2v) is 7.71. The predicted molar refractivity (Wildman–Crippen MR) is 111 cm³/mol. The van der Waals surface area contributed by atoms with Gasteiger partial charge in [-0.2, -0.15) is 18.3 Å². The fourth-order valence-corrected chi connectivity index (χ4v) is 3.79. The first-order valence-electron chi connectivity index (χ1n) is 10.2. The van der Waals surface area contributed by atoms with Gasteiger partial charge in [0.05, 0.1) is 0 Å². The molecular formula is C22H22F3N5O2. The molecule has 0 bridgehead atoms. The smallest absolute Gasteiger partial charge is 0.342 e. The third-order valence-corrected chi connectivity index (χ3v) is 5.52. The second-order valence-electron chi connectivity index (χ2n) is 7.71. The van der Waals surface area contributed by atoms with Gasteiger partial charge < -0.3 is 14.8 Å². The van der Waals surface area contributed by atoms with Crippen molar-refractivity contribution in [2.75, 3.05) is 19.6 Å². The number of hydrogen-bond acceptors (Lipinski definition) is 3. The number of halogens is 3. The Morgan fingerprint density at radius 3 is 2.38 bits per heavy atom. The molecule has 4 rings (SSSR count). The minimum absolute atomic E-state index is 0.0423. The van der Waals surface area contributed by atoms with Crippen molar-refractivity contribution in [2.45, 2.75) is 24.9 Å². The Balaban J connectivity index is 1.32. The first-order chi connectivity index (χ1) is 15.3. The van der Waals surface area contributed by atoms with E-state index in [1.807, 2.05) is 58.7 Å².